The van der Waals surface area contributed by atoms with Gasteiger partial charge in [-0.1, -0.05) is 110 Å². The highest BCUT2D eigenvalue weighted by Gasteiger charge is 2.21. The molecule has 0 aliphatic carbocycles. The van der Waals surface area contributed by atoms with Crippen LogP contribution in [-0.2, 0) is 11.8 Å². The summed E-state index contributed by atoms with van der Waals surface area (Å²) in [5, 5.41) is 0. The highest BCUT2D eigenvalue weighted by atomic mass is 14.3. The quantitative estimate of drug-likeness (QED) is 0.326. The van der Waals surface area contributed by atoms with Crippen LogP contribution in [0.1, 0.15) is 125 Å². The topological polar surface area (TPSA) is 0 Å². The maximum absolute atomic E-state index is 2.50. The first-order chi connectivity index (χ1) is 14.3. The van der Waals surface area contributed by atoms with E-state index in [-0.39, 0.29) is 5.41 Å². The van der Waals surface area contributed by atoms with Gasteiger partial charge in [0.05, 0.1) is 0 Å². The van der Waals surface area contributed by atoms with E-state index in [0.29, 0.717) is 5.92 Å². The van der Waals surface area contributed by atoms with Crippen molar-refractivity contribution in [2.24, 2.45) is 0 Å². The number of rotatable bonds is 11. The fraction of sp³-hybridized carbons (Fsp3) is 0.600. The molecule has 1 unspecified atom stereocenters. The Morgan fingerprint density at radius 3 is 2.07 bits per heavy atom. The molecule has 166 valence electrons. The van der Waals surface area contributed by atoms with Gasteiger partial charge in [-0.3, -0.25) is 0 Å². The van der Waals surface area contributed by atoms with Crippen molar-refractivity contribution in [3.63, 3.8) is 0 Å². The Morgan fingerprint density at radius 1 is 0.767 bits per heavy atom. The van der Waals surface area contributed by atoms with E-state index in [0.717, 1.165) is 6.42 Å². The Balaban J connectivity index is 2.13. The van der Waals surface area contributed by atoms with E-state index in [4.69, 9.17) is 0 Å². The van der Waals surface area contributed by atoms with E-state index in [1.807, 2.05) is 0 Å². The second-order valence-corrected chi connectivity index (χ2v) is 10.4. The molecule has 0 heteroatoms. The molecule has 0 nitrogen and oxygen atoms in total. The van der Waals surface area contributed by atoms with Crippen LogP contribution in [0.5, 0.6) is 0 Å². The number of aryl methyl sites for hydroxylation is 3. The van der Waals surface area contributed by atoms with Gasteiger partial charge in [0.2, 0.25) is 0 Å². The van der Waals surface area contributed by atoms with Gasteiger partial charge in [-0.05, 0) is 71.9 Å². The molecule has 0 aliphatic heterocycles. The Hall–Kier alpha value is -1.56. The lowest BCUT2D eigenvalue weighted by Gasteiger charge is -2.27. The molecule has 0 aromatic heterocycles. The van der Waals surface area contributed by atoms with Gasteiger partial charge in [0.25, 0.3) is 0 Å². The predicted octanol–water partition coefficient (Wildman–Crippen LogP) is 9.44. The Bertz CT molecular complexity index is 775. The summed E-state index contributed by atoms with van der Waals surface area (Å²) in [4.78, 5) is 0. The van der Waals surface area contributed by atoms with E-state index in [2.05, 4.69) is 84.9 Å². The highest BCUT2D eigenvalue weighted by molar-refractivity contribution is 5.46. The standard InChI is InChI=1S/C30H46/c1-8-10-11-12-13-14-15-17-25-18-16-19-26(21-25)27(9-2)28-22-29(30(5,6)7)24(4)20-23(28)3/h16,18-22,27H,8-15,17H2,1-7H3. The summed E-state index contributed by atoms with van der Waals surface area (Å²) < 4.78 is 0. The zero-order chi connectivity index (χ0) is 22.1. The highest BCUT2D eigenvalue weighted by Crippen LogP contribution is 2.35. The third kappa shape index (κ3) is 7.00. The SMILES string of the molecule is CCCCCCCCCc1cccc(C(CC)c2cc(C(C)(C)C)c(C)cc2C)c1. The number of hydrogen-bond acceptors (Lipinski definition) is 0. The van der Waals surface area contributed by atoms with Crippen molar-refractivity contribution in [1.29, 1.82) is 0 Å². The zero-order valence-corrected chi connectivity index (χ0v) is 20.9. The molecule has 0 N–H and O–H groups in total. The Labute approximate surface area is 187 Å². The number of benzene rings is 2. The number of unbranched alkanes of at least 4 members (excludes halogenated alkanes) is 6. The lowest BCUT2D eigenvalue weighted by atomic mass is 9.78. The van der Waals surface area contributed by atoms with Crippen molar-refractivity contribution in [2.75, 3.05) is 0 Å². The fourth-order valence-electron chi connectivity index (χ4n) is 4.94. The van der Waals surface area contributed by atoms with Gasteiger partial charge in [0, 0.05) is 5.92 Å². The Morgan fingerprint density at radius 2 is 1.43 bits per heavy atom. The Kier molecular flexibility index (Phi) is 9.66. The van der Waals surface area contributed by atoms with Crippen LogP contribution in [0.4, 0.5) is 0 Å². The molecular formula is C30H46. The van der Waals surface area contributed by atoms with Crippen LogP contribution >= 0.6 is 0 Å². The van der Waals surface area contributed by atoms with Crippen molar-refractivity contribution in [3.05, 3.63) is 69.8 Å². The maximum Gasteiger partial charge on any atom is 0.00895 e. The molecule has 0 fully saturated rings. The van der Waals surface area contributed by atoms with Crippen molar-refractivity contribution in [2.45, 2.75) is 118 Å². The minimum Gasteiger partial charge on any atom is -0.0654 e. The van der Waals surface area contributed by atoms with Gasteiger partial charge < -0.3 is 0 Å². The lowest BCUT2D eigenvalue weighted by molar-refractivity contribution is 0.583. The van der Waals surface area contributed by atoms with Gasteiger partial charge in [-0.25, -0.2) is 0 Å². The first-order valence-electron chi connectivity index (χ1n) is 12.5. The van der Waals surface area contributed by atoms with Gasteiger partial charge >= 0.3 is 0 Å². The van der Waals surface area contributed by atoms with Crippen LogP contribution < -0.4 is 0 Å². The minimum absolute atomic E-state index is 0.184. The molecule has 0 saturated carbocycles. The second kappa shape index (κ2) is 11.7. The van der Waals surface area contributed by atoms with Crippen LogP contribution in [0, 0.1) is 13.8 Å². The van der Waals surface area contributed by atoms with Crippen LogP contribution in [-0.4, -0.2) is 0 Å². The average Bonchev–Trinajstić information content (AvgIpc) is 2.69. The third-order valence-corrected chi connectivity index (χ3v) is 6.63. The fourth-order valence-corrected chi connectivity index (χ4v) is 4.94. The first-order valence-corrected chi connectivity index (χ1v) is 12.5. The second-order valence-electron chi connectivity index (χ2n) is 10.4. The molecule has 0 bridgehead atoms. The molecule has 0 amide bonds. The van der Waals surface area contributed by atoms with E-state index in [1.165, 1.54) is 84.7 Å². The molecule has 0 aliphatic rings. The van der Waals surface area contributed by atoms with Crippen molar-refractivity contribution < 1.29 is 0 Å². The molecule has 30 heavy (non-hydrogen) atoms. The van der Waals surface area contributed by atoms with E-state index in [1.54, 1.807) is 0 Å². The van der Waals surface area contributed by atoms with Crippen LogP contribution in [0.15, 0.2) is 36.4 Å². The average molecular weight is 407 g/mol. The van der Waals surface area contributed by atoms with Crippen LogP contribution in [0.3, 0.4) is 0 Å². The molecule has 2 aromatic rings. The zero-order valence-electron chi connectivity index (χ0n) is 20.9. The van der Waals surface area contributed by atoms with E-state index < -0.39 is 0 Å². The van der Waals surface area contributed by atoms with Crippen molar-refractivity contribution in [3.8, 4) is 0 Å². The van der Waals surface area contributed by atoms with Gasteiger partial charge in [-0.2, -0.15) is 0 Å². The lowest BCUT2D eigenvalue weighted by Crippen LogP contribution is -2.15. The summed E-state index contributed by atoms with van der Waals surface area (Å²) in [6.07, 6.45) is 12.0. The van der Waals surface area contributed by atoms with Crippen LogP contribution in [0.2, 0.25) is 0 Å². The molecular weight excluding hydrogens is 360 g/mol. The summed E-state index contributed by atoms with van der Waals surface area (Å²) in [6, 6.07) is 14.3. The van der Waals surface area contributed by atoms with E-state index >= 15 is 0 Å². The van der Waals surface area contributed by atoms with Gasteiger partial charge in [-0.15, -0.1) is 0 Å². The predicted molar refractivity (Wildman–Crippen MR) is 135 cm³/mol. The molecule has 2 rings (SSSR count). The first kappa shape index (κ1) is 24.7. The molecule has 0 saturated heterocycles. The molecule has 0 radical (unpaired) electrons. The van der Waals surface area contributed by atoms with Crippen molar-refractivity contribution >= 4 is 0 Å². The van der Waals surface area contributed by atoms with Crippen LogP contribution in [0.25, 0.3) is 0 Å². The molecule has 1 atom stereocenters. The van der Waals surface area contributed by atoms with Gasteiger partial charge in [0.1, 0.15) is 0 Å². The largest absolute Gasteiger partial charge is 0.0654 e. The minimum atomic E-state index is 0.184. The summed E-state index contributed by atoms with van der Waals surface area (Å²) in [5.41, 5.74) is 9.05. The summed E-state index contributed by atoms with van der Waals surface area (Å²) >= 11 is 0. The third-order valence-electron chi connectivity index (χ3n) is 6.63. The summed E-state index contributed by atoms with van der Waals surface area (Å²) in [5.74, 6) is 0.487. The summed E-state index contributed by atoms with van der Waals surface area (Å²) in [6.45, 7) is 16.2. The normalized spacial score (nSPS) is 12.9. The summed E-state index contributed by atoms with van der Waals surface area (Å²) in [7, 11) is 0. The number of hydrogen-bond donors (Lipinski definition) is 0. The molecule has 0 spiro atoms. The molecule has 2 aromatic carbocycles. The monoisotopic (exact) mass is 406 g/mol. The van der Waals surface area contributed by atoms with Crippen molar-refractivity contribution in [1.82, 2.24) is 0 Å². The van der Waals surface area contributed by atoms with Gasteiger partial charge in [0.15, 0.2) is 0 Å². The molecule has 0 heterocycles. The smallest absolute Gasteiger partial charge is 0.00895 e. The maximum atomic E-state index is 2.50. The van der Waals surface area contributed by atoms with E-state index in [9.17, 15) is 0 Å².